The van der Waals surface area contributed by atoms with Gasteiger partial charge in [0.25, 0.3) is 0 Å². The molecule has 0 bridgehead atoms. The summed E-state index contributed by atoms with van der Waals surface area (Å²) in [5.41, 5.74) is 3.39. The second-order valence-corrected chi connectivity index (χ2v) is 8.61. The number of aromatic nitrogens is 1. The highest BCUT2D eigenvalue weighted by atomic mass is 16.5. The number of benzene rings is 1. The highest BCUT2D eigenvalue weighted by molar-refractivity contribution is 5.89. The van der Waals surface area contributed by atoms with E-state index in [1.807, 2.05) is 30.9 Å². The molecule has 30 heavy (non-hydrogen) atoms. The molecular weight excluding hydrogens is 378 g/mol. The molecule has 1 aromatic carbocycles. The van der Waals surface area contributed by atoms with Crippen LogP contribution in [0.4, 0.5) is 10.6 Å². The molecule has 160 valence electrons. The number of aryl methyl sites for hydroxylation is 1. The lowest BCUT2D eigenvalue weighted by Crippen LogP contribution is -2.42. The van der Waals surface area contributed by atoms with Gasteiger partial charge in [-0.2, -0.15) is 0 Å². The van der Waals surface area contributed by atoms with E-state index in [1.165, 1.54) is 18.4 Å². The zero-order valence-corrected chi connectivity index (χ0v) is 18.1. The molecule has 1 saturated carbocycles. The molecule has 6 nitrogen and oxygen atoms in total. The van der Waals surface area contributed by atoms with Gasteiger partial charge in [-0.15, -0.1) is 0 Å². The number of piperidine rings is 1. The number of carbonyl (C=O) groups excluding carboxylic acids is 1. The Bertz CT molecular complexity index is 930. The van der Waals surface area contributed by atoms with Crippen molar-refractivity contribution in [1.82, 2.24) is 10.1 Å². The topological polar surface area (TPSA) is 67.6 Å². The van der Waals surface area contributed by atoms with E-state index in [9.17, 15) is 4.79 Å². The first-order valence-electron chi connectivity index (χ1n) is 10.9. The molecule has 1 aliphatic heterocycles. The van der Waals surface area contributed by atoms with Gasteiger partial charge in [-0.05, 0) is 56.2 Å². The predicted octanol–water partition coefficient (Wildman–Crippen LogP) is 5.43. The third kappa shape index (κ3) is 5.04. The number of urea groups is 1. The number of nitrogens with zero attached hydrogens (tertiary/aromatic N) is 2. The summed E-state index contributed by atoms with van der Waals surface area (Å²) in [4.78, 5) is 14.5. The van der Waals surface area contributed by atoms with Crippen molar-refractivity contribution in [2.24, 2.45) is 11.8 Å². The van der Waals surface area contributed by atoms with Crippen LogP contribution < -0.4 is 10.1 Å². The molecule has 1 unspecified atom stereocenters. The van der Waals surface area contributed by atoms with Gasteiger partial charge in [0.05, 0.1) is 6.61 Å². The number of ether oxygens (including phenoxy) is 1. The second kappa shape index (κ2) is 8.94. The summed E-state index contributed by atoms with van der Waals surface area (Å²) in [6, 6.07) is 8.18. The SMILES string of the molecule is Cc1onc(NC(=O)N2CC/C(=C\c3cccc(OCCC4CC4)c3)C(C)C2)c1C. The van der Waals surface area contributed by atoms with Crippen molar-refractivity contribution in [1.29, 1.82) is 0 Å². The Kier molecular flexibility index (Phi) is 6.11. The van der Waals surface area contributed by atoms with E-state index in [1.54, 1.807) is 0 Å². The quantitative estimate of drug-likeness (QED) is 0.691. The van der Waals surface area contributed by atoms with Gasteiger partial charge in [-0.3, -0.25) is 5.32 Å². The van der Waals surface area contributed by atoms with Crippen molar-refractivity contribution >= 4 is 17.9 Å². The van der Waals surface area contributed by atoms with Gasteiger partial charge >= 0.3 is 6.03 Å². The van der Waals surface area contributed by atoms with Crippen LogP contribution in [0, 0.1) is 25.7 Å². The van der Waals surface area contributed by atoms with Crippen molar-refractivity contribution < 1.29 is 14.1 Å². The van der Waals surface area contributed by atoms with Crippen molar-refractivity contribution in [3.8, 4) is 5.75 Å². The van der Waals surface area contributed by atoms with E-state index in [0.29, 0.717) is 24.8 Å². The first kappa shape index (κ1) is 20.5. The molecule has 2 amide bonds. The predicted molar refractivity (Wildman–Crippen MR) is 118 cm³/mol. The van der Waals surface area contributed by atoms with E-state index in [2.05, 4.69) is 35.6 Å². The Labute approximate surface area is 178 Å². The Balaban J connectivity index is 1.33. The largest absolute Gasteiger partial charge is 0.494 e. The summed E-state index contributed by atoms with van der Waals surface area (Å²) in [6.45, 7) is 8.08. The van der Waals surface area contributed by atoms with Crippen molar-refractivity contribution in [2.45, 2.75) is 46.5 Å². The Morgan fingerprint density at radius 3 is 2.90 bits per heavy atom. The molecule has 0 radical (unpaired) electrons. The van der Waals surface area contributed by atoms with E-state index >= 15 is 0 Å². The monoisotopic (exact) mass is 409 g/mol. The Morgan fingerprint density at radius 2 is 2.20 bits per heavy atom. The van der Waals surface area contributed by atoms with Crippen LogP contribution in [0.2, 0.25) is 0 Å². The van der Waals surface area contributed by atoms with Crippen LogP contribution in [0.15, 0.2) is 34.4 Å². The maximum atomic E-state index is 12.6. The molecule has 2 aliphatic rings. The third-order valence-electron chi connectivity index (χ3n) is 6.17. The van der Waals surface area contributed by atoms with Gasteiger partial charge in [0, 0.05) is 18.7 Å². The van der Waals surface area contributed by atoms with Gasteiger partial charge in [-0.25, -0.2) is 4.79 Å². The standard InChI is InChI=1S/C24H31N3O3/c1-16-15-27(24(28)25-23-17(2)18(3)30-26-23)11-9-21(16)13-20-5-4-6-22(14-20)29-12-10-19-7-8-19/h4-6,13-14,16,19H,7-12,15H2,1-3H3,(H,25,26,28)/b21-13+. The molecule has 1 N–H and O–H groups in total. The number of hydrogen-bond acceptors (Lipinski definition) is 4. The molecule has 2 fully saturated rings. The average molecular weight is 410 g/mol. The number of rotatable bonds is 6. The molecule has 1 saturated heterocycles. The Hall–Kier alpha value is -2.76. The number of likely N-dealkylation sites (tertiary alicyclic amines) is 1. The van der Waals surface area contributed by atoms with Gasteiger partial charge in [-0.1, -0.05) is 48.7 Å². The minimum Gasteiger partial charge on any atom is -0.494 e. The molecule has 1 atom stereocenters. The molecule has 0 spiro atoms. The molecule has 6 heteroatoms. The number of amides is 2. The van der Waals surface area contributed by atoms with E-state index in [0.717, 1.165) is 48.0 Å². The van der Waals surface area contributed by atoms with E-state index in [4.69, 9.17) is 9.26 Å². The average Bonchev–Trinajstić information content (AvgIpc) is 3.51. The van der Waals surface area contributed by atoms with E-state index < -0.39 is 0 Å². The number of carbonyl (C=O) groups is 1. The molecule has 1 aromatic heterocycles. The van der Waals surface area contributed by atoms with Crippen LogP contribution in [0.1, 0.15) is 49.5 Å². The zero-order chi connectivity index (χ0) is 21.1. The molecule has 4 rings (SSSR count). The lowest BCUT2D eigenvalue weighted by molar-refractivity contribution is 0.197. The minimum atomic E-state index is -0.122. The molecular formula is C24H31N3O3. The summed E-state index contributed by atoms with van der Waals surface area (Å²) in [6.07, 6.45) is 6.99. The zero-order valence-electron chi connectivity index (χ0n) is 18.1. The van der Waals surface area contributed by atoms with Gasteiger partial charge in [0.2, 0.25) is 0 Å². The lowest BCUT2D eigenvalue weighted by atomic mass is 9.91. The fraction of sp³-hybridized carbons (Fsp3) is 0.500. The highest BCUT2D eigenvalue weighted by Gasteiger charge is 2.25. The number of hydrogen-bond donors (Lipinski definition) is 1. The van der Waals surface area contributed by atoms with Crippen LogP contribution in [0.5, 0.6) is 5.75 Å². The molecule has 2 aromatic rings. The normalized spacial score (nSPS) is 20.4. The summed E-state index contributed by atoms with van der Waals surface area (Å²) >= 11 is 0. The Morgan fingerprint density at radius 1 is 1.37 bits per heavy atom. The van der Waals surface area contributed by atoms with E-state index in [-0.39, 0.29) is 6.03 Å². The van der Waals surface area contributed by atoms with Crippen molar-refractivity contribution in [2.75, 3.05) is 25.0 Å². The van der Waals surface area contributed by atoms with Gasteiger partial charge < -0.3 is 14.2 Å². The summed E-state index contributed by atoms with van der Waals surface area (Å²) in [5.74, 6) is 3.35. The van der Waals surface area contributed by atoms with Gasteiger partial charge in [0.15, 0.2) is 5.82 Å². The van der Waals surface area contributed by atoms with Crippen molar-refractivity contribution in [3.05, 3.63) is 46.7 Å². The molecule has 1 aliphatic carbocycles. The van der Waals surface area contributed by atoms with Crippen LogP contribution in [-0.2, 0) is 0 Å². The highest BCUT2D eigenvalue weighted by Crippen LogP contribution is 2.32. The summed E-state index contributed by atoms with van der Waals surface area (Å²) in [5, 5.41) is 6.80. The molecule has 2 heterocycles. The minimum absolute atomic E-state index is 0.122. The number of nitrogens with one attached hydrogen (secondary N) is 1. The summed E-state index contributed by atoms with van der Waals surface area (Å²) in [7, 11) is 0. The first-order chi connectivity index (χ1) is 14.5. The summed E-state index contributed by atoms with van der Waals surface area (Å²) < 4.78 is 11.1. The van der Waals surface area contributed by atoms with Crippen LogP contribution in [0.3, 0.4) is 0 Å². The van der Waals surface area contributed by atoms with Gasteiger partial charge in [0.1, 0.15) is 11.5 Å². The van der Waals surface area contributed by atoms with Crippen LogP contribution in [-0.4, -0.2) is 35.8 Å². The number of anilines is 1. The smallest absolute Gasteiger partial charge is 0.323 e. The lowest BCUT2D eigenvalue weighted by Gasteiger charge is -2.33. The maximum absolute atomic E-state index is 12.6. The fourth-order valence-electron chi connectivity index (χ4n) is 3.82. The fourth-order valence-corrected chi connectivity index (χ4v) is 3.82. The maximum Gasteiger partial charge on any atom is 0.323 e. The third-order valence-corrected chi connectivity index (χ3v) is 6.17. The van der Waals surface area contributed by atoms with Crippen LogP contribution in [0.25, 0.3) is 6.08 Å². The van der Waals surface area contributed by atoms with Crippen molar-refractivity contribution in [3.63, 3.8) is 0 Å². The van der Waals surface area contributed by atoms with Crippen LogP contribution >= 0.6 is 0 Å². The first-order valence-corrected chi connectivity index (χ1v) is 10.9. The second-order valence-electron chi connectivity index (χ2n) is 8.61.